The fourth-order valence-corrected chi connectivity index (χ4v) is 3.03. The molecule has 0 bridgehead atoms. The van der Waals surface area contributed by atoms with E-state index < -0.39 is 0 Å². The molecule has 0 saturated heterocycles. The van der Waals surface area contributed by atoms with Gasteiger partial charge in [-0.15, -0.1) is 0 Å². The Bertz CT molecular complexity index is 442. The van der Waals surface area contributed by atoms with E-state index in [0.717, 1.165) is 36.1 Å². The van der Waals surface area contributed by atoms with E-state index >= 15 is 0 Å². The third-order valence-electron chi connectivity index (χ3n) is 4.26. The van der Waals surface area contributed by atoms with E-state index in [2.05, 4.69) is 5.32 Å². The van der Waals surface area contributed by atoms with Crippen LogP contribution in [-0.2, 0) is 6.54 Å². The normalized spacial score (nSPS) is 15.8. The third kappa shape index (κ3) is 4.27. The van der Waals surface area contributed by atoms with Crippen LogP contribution < -0.4 is 19.5 Å². The Kier molecular flexibility index (Phi) is 6.18. The maximum atomic E-state index is 5.45. The molecule has 118 valence electrons. The molecule has 2 rings (SSSR count). The van der Waals surface area contributed by atoms with Crippen molar-refractivity contribution in [1.29, 1.82) is 0 Å². The zero-order valence-electron chi connectivity index (χ0n) is 13.4. The fraction of sp³-hybridized carbons (Fsp3) is 0.647. The summed E-state index contributed by atoms with van der Waals surface area (Å²) < 4.78 is 16.1. The van der Waals surface area contributed by atoms with Gasteiger partial charge in [-0.1, -0.05) is 19.3 Å². The fourth-order valence-electron chi connectivity index (χ4n) is 3.03. The van der Waals surface area contributed by atoms with E-state index in [1.807, 2.05) is 12.1 Å². The number of hydrogen-bond acceptors (Lipinski definition) is 4. The lowest BCUT2D eigenvalue weighted by Gasteiger charge is -2.22. The Labute approximate surface area is 127 Å². The van der Waals surface area contributed by atoms with Crippen molar-refractivity contribution < 1.29 is 14.2 Å². The first kappa shape index (κ1) is 16.0. The minimum Gasteiger partial charge on any atom is -0.496 e. The molecule has 4 heteroatoms. The van der Waals surface area contributed by atoms with Gasteiger partial charge in [-0.25, -0.2) is 0 Å². The van der Waals surface area contributed by atoms with Gasteiger partial charge in [0.1, 0.15) is 5.75 Å². The van der Waals surface area contributed by atoms with Crippen LogP contribution in [-0.4, -0.2) is 27.9 Å². The van der Waals surface area contributed by atoms with Gasteiger partial charge in [0.2, 0.25) is 0 Å². The monoisotopic (exact) mass is 293 g/mol. The van der Waals surface area contributed by atoms with Crippen LogP contribution in [0.25, 0.3) is 0 Å². The SMILES string of the molecule is COc1cc(OC)c(OC)cc1CNCC1CCCCC1. The molecule has 1 aromatic rings. The second-order valence-corrected chi connectivity index (χ2v) is 5.65. The van der Waals surface area contributed by atoms with Crippen molar-refractivity contribution in [1.82, 2.24) is 5.32 Å². The maximum absolute atomic E-state index is 5.45. The standard InChI is InChI=1S/C17H27NO3/c1-19-15-10-17(21-3)16(20-2)9-14(15)12-18-11-13-7-5-4-6-8-13/h9-10,13,18H,4-8,11-12H2,1-3H3. The molecule has 0 radical (unpaired) electrons. The topological polar surface area (TPSA) is 39.7 Å². The van der Waals surface area contributed by atoms with E-state index in [-0.39, 0.29) is 0 Å². The quantitative estimate of drug-likeness (QED) is 0.836. The maximum Gasteiger partial charge on any atom is 0.164 e. The van der Waals surface area contributed by atoms with E-state index in [0.29, 0.717) is 5.75 Å². The Morgan fingerprint density at radius 2 is 1.52 bits per heavy atom. The van der Waals surface area contributed by atoms with E-state index in [1.165, 1.54) is 32.1 Å². The Hall–Kier alpha value is -1.42. The second kappa shape index (κ2) is 8.13. The van der Waals surface area contributed by atoms with Crippen LogP contribution in [0.5, 0.6) is 17.2 Å². The summed E-state index contributed by atoms with van der Waals surface area (Å²) in [6, 6.07) is 3.88. The number of benzene rings is 1. The van der Waals surface area contributed by atoms with Gasteiger partial charge in [0.05, 0.1) is 21.3 Å². The van der Waals surface area contributed by atoms with Crippen molar-refractivity contribution in [2.24, 2.45) is 5.92 Å². The van der Waals surface area contributed by atoms with Crippen molar-refractivity contribution in [2.75, 3.05) is 27.9 Å². The first-order valence-corrected chi connectivity index (χ1v) is 7.78. The first-order valence-electron chi connectivity index (χ1n) is 7.78. The predicted octanol–water partition coefficient (Wildman–Crippen LogP) is 3.38. The molecule has 4 nitrogen and oxygen atoms in total. The average Bonchev–Trinajstić information content (AvgIpc) is 2.55. The summed E-state index contributed by atoms with van der Waals surface area (Å²) in [5.74, 6) is 3.10. The third-order valence-corrected chi connectivity index (χ3v) is 4.26. The Balaban J connectivity index is 1.97. The van der Waals surface area contributed by atoms with Crippen LogP contribution in [0, 0.1) is 5.92 Å². The van der Waals surface area contributed by atoms with Gasteiger partial charge < -0.3 is 19.5 Å². The zero-order chi connectivity index (χ0) is 15.1. The predicted molar refractivity (Wildman–Crippen MR) is 84.4 cm³/mol. The molecule has 1 aliphatic carbocycles. The van der Waals surface area contributed by atoms with Crippen molar-refractivity contribution in [3.05, 3.63) is 17.7 Å². The number of hydrogen-bond donors (Lipinski definition) is 1. The highest BCUT2D eigenvalue weighted by Crippen LogP contribution is 2.34. The van der Waals surface area contributed by atoms with E-state index in [9.17, 15) is 0 Å². The van der Waals surface area contributed by atoms with Gasteiger partial charge in [0, 0.05) is 18.2 Å². The lowest BCUT2D eigenvalue weighted by Crippen LogP contribution is -2.24. The largest absolute Gasteiger partial charge is 0.496 e. The van der Waals surface area contributed by atoms with Crippen molar-refractivity contribution in [3.8, 4) is 17.2 Å². The molecule has 1 N–H and O–H groups in total. The number of nitrogens with one attached hydrogen (secondary N) is 1. The highest BCUT2D eigenvalue weighted by molar-refractivity contribution is 5.50. The molecule has 0 atom stereocenters. The highest BCUT2D eigenvalue weighted by Gasteiger charge is 2.14. The van der Waals surface area contributed by atoms with Gasteiger partial charge in [0.15, 0.2) is 11.5 Å². The summed E-state index contributed by atoms with van der Waals surface area (Å²) >= 11 is 0. The van der Waals surface area contributed by atoms with Crippen molar-refractivity contribution in [3.63, 3.8) is 0 Å². The molecule has 0 amide bonds. The number of ether oxygens (including phenoxy) is 3. The zero-order valence-corrected chi connectivity index (χ0v) is 13.4. The molecule has 0 aliphatic heterocycles. The summed E-state index contributed by atoms with van der Waals surface area (Å²) in [4.78, 5) is 0. The minimum atomic E-state index is 0.699. The molecule has 1 saturated carbocycles. The molecule has 1 aliphatic rings. The van der Waals surface area contributed by atoms with Crippen LogP contribution in [0.2, 0.25) is 0 Å². The molecule has 0 heterocycles. The molecule has 1 fully saturated rings. The van der Waals surface area contributed by atoms with Gasteiger partial charge >= 0.3 is 0 Å². The summed E-state index contributed by atoms with van der Waals surface area (Å²) in [6.07, 6.45) is 6.88. The summed E-state index contributed by atoms with van der Waals surface area (Å²) in [6.45, 7) is 1.87. The van der Waals surface area contributed by atoms with Crippen LogP contribution in [0.15, 0.2) is 12.1 Å². The lowest BCUT2D eigenvalue weighted by molar-refractivity contribution is 0.336. The molecule has 0 unspecified atom stereocenters. The first-order chi connectivity index (χ1) is 10.3. The Morgan fingerprint density at radius 3 is 2.14 bits per heavy atom. The summed E-state index contributed by atoms with van der Waals surface area (Å²) in [5, 5.41) is 3.56. The molecule has 1 aromatic carbocycles. The van der Waals surface area contributed by atoms with Crippen molar-refractivity contribution in [2.45, 2.75) is 38.6 Å². The van der Waals surface area contributed by atoms with Gasteiger partial charge in [-0.2, -0.15) is 0 Å². The number of rotatable bonds is 7. The minimum absolute atomic E-state index is 0.699. The molecular weight excluding hydrogens is 266 g/mol. The number of methoxy groups -OCH3 is 3. The molecular formula is C17H27NO3. The van der Waals surface area contributed by atoms with Crippen LogP contribution in [0.4, 0.5) is 0 Å². The second-order valence-electron chi connectivity index (χ2n) is 5.65. The van der Waals surface area contributed by atoms with Crippen LogP contribution >= 0.6 is 0 Å². The van der Waals surface area contributed by atoms with E-state index in [4.69, 9.17) is 14.2 Å². The van der Waals surface area contributed by atoms with Crippen molar-refractivity contribution >= 4 is 0 Å². The highest BCUT2D eigenvalue weighted by atomic mass is 16.5. The van der Waals surface area contributed by atoms with Crippen LogP contribution in [0.1, 0.15) is 37.7 Å². The molecule has 0 spiro atoms. The summed E-state index contributed by atoms with van der Waals surface area (Å²) in [5.41, 5.74) is 1.10. The smallest absolute Gasteiger partial charge is 0.164 e. The van der Waals surface area contributed by atoms with Crippen LogP contribution in [0.3, 0.4) is 0 Å². The average molecular weight is 293 g/mol. The Morgan fingerprint density at radius 1 is 0.905 bits per heavy atom. The van der Waals surface area contributed by atoms with Gasteiger partial charge in [-0.05, 0) is 31.4 Å². The van der Waals surface area contributed by atoms with Gasteiger partial charge in [-0.3, -0.25) is 0 Å². The molecule has 21 heavy (non-hydrogen) atoms. The summed E-state index contributed by atoms with van der Waals surface area (Å²) in [7, 11) is 4.98. The van der Waals surface area contributed by atoms with E-state index in [1.54, 1.807) is 21.3 Å². The van der Waals surface area contributed by atoms with Gasteiger partial charge in [0.25, 0.3) is 0 Å². The lowest BCUT2D eigenvalue weighted by atomic mass is 9.89. The molecule has 0 aromatic heterocycles.